The van der Waals surface area contributed by atoms with E-state index in [1.165, 1.54) is 75.3 Å². The van der Waals surface area contributed by atoms with E-state index in [-0.39, 0.29) is 0 Å². The number of nitrogens with zero attached hydrogens (tertiary/aromatic N) is 4. The van der Waals surface area contributed by atoms with Crippen molar-refractivity contribution in [1.29, 1.82) is 0 Å². The van der Waals surface area contributed by atoms with Crippen LogP contribution in [-0.4, -0.2) is 39.1 Å². The second kappa shape index (κ2) is 7.14. The van der Waals surface area contributed by atoms with Crippen LogP contribution in [0.3, 0.4) is 0 Å². The van der Waals surface area contributed by atoms with Gasteiger partial charge >= 0.3 is 0 Å². The van der Waals surface area contributed by atoms with Gasteiger partial charge in [0.1, 0.15) is 0 Å². The van der Waals surface area contributed by atoms with Crippen molar-refractivity contribution >= 4 is 11.3 Å². The highest BCUT2D eigenvalue weighted by molar-refractivity contribution is 7.11. The van der Waals surface area contributed by atoms with Crippen LogP contribution in [0.5, 0.6) is 0 Å². The van der Waals surface area contributed by atoms with Gasteiger partial charge in [0.25, 0.3) is 0 Å². The van der Waals surface area contributed by atoms with E-state index in [0.717, 1.165) is 6.54 Å². The van der Waals surface area contributed by atoms with Crippen LogP contribution in [0.4, 0.5) is 0 Å². The molecular weight excluding hydrogens is 304 g/mol. The average molecular weight is 331 g/mol. The van der Waals surface area contributed by atoms with Crippen molar-refractivity contribution in [3.63, 3.8) is 0 Å². The number of aromatic nitrogens is 3. The zero-order valence-corrected chi connectivity index (χ0v) is 14.6. The Balaban J connectivity index is 1.32. The molecule has 1 fully saturated rings. The number of hydrogen-bond acceptors (Lipinski definition) is 4. The summed E-state index contributed by atoms with van der Waals surface area (Å²) in [5, 5.41) is 1.43. The van der Waals surface area contributed by atoms with Gasteiger partial charge in [-0.2, -0.15) is 0 Å². The summed E-state index contributed by atoms with van der Waals surface area (Å²) in [5.74, 6) is 0.674. The van der Waals surface area contributed by atoms with Crippen LogP contribution in [0.15, 0.2) is 18.7 Å². The Morgan fingerprint density at radius 1 is 1.17 bits per heavy atom. The smallest absolute Gasteiger partial charge is 0.0974 e. The minimum Gasteiger partial charge on any atom is -0.337 e. The highest BCUT2D eigenvalue weighted by Gasteiger charge is 2.25. The number of hydrogen-bond donors (Lipinski definition) is 0. The van der Waals surface area contributed by atoms with Gasteiger partial charge in [-0.1, -0.05) is 0 Å². The van der Waals surface area contributed by atoms with E-state index in [0.29, 0.717) is 5.92 Å². The van der Waals surface area contributed by atoms with Gasteiger partial charge in [0.05, 0.1) is 17.0 Å². The lowest BCUT2D eigenvalue weighted by atomic mass is 9.98. The molecule has 0 unspecified atom stereocenters. The highest BCUT2D eigenvalue weighted by atomic mass is 32.1. The van der Waals surface area contributed by atoms with Gasteiger partial charge in [-0.05, 0) is 58.0 Å². The van der Waals surface area contributed by atoms with Crippen molar-refractivity contribution in [2.45, 2.75) is 57.4 Å². The molecule has 23 heavy (non-hydrogen) atoms. The third kappa shape index (κ3) is 3.66. The molecule has 0 spiro atoms. The van der Waals surface area contributed by atoms with Crippen molar-refractivity contribution in [3.8, 4) is 0 Å². The van der Waals surface area contributed by atoms with Gasteiger partial charge in [0.15, 0.2) is 0 Å². The third-order valence-corrected chi connectivity index (χ3v) is 6.49. The minimum absolute atomic E-state index is 0.674. The normalized spacial score (nSPS) is 22.2. The molecule has 1 aliphatic heterocycles. The van der Waals surface area contributed by atoms with Crippen molar-refractivity contribution in [1.82, 2.24) is 19.4 Å². The Bertz CT molecular complexity index is 596. The van der Waals surface area contributed by atoms with E-state index in [1.807, 2.05) is 23.9 Å². The number of piperidine rings is 1. The summed E-state index contributed by atoms with van der Waals surface area (Å²) < 4.78 is 2.18. The Morgan fingerprint density at radius 3 is 3.00 bits per heavy atom. The molecule has 1 atom stereocenters. The predicted octanol–water partition coefficient (Wildman–Crippen LogP) is 3.49. The Labute approximate surface area is 142 Å². The molecule has 0 aromatic carbocycles. The summed E-state index contributed by atoms with van der Waals surface area (Å²) in [6.07, 6.45) is 14.9. The van der Waals surface area contributed by atoms with Crippen molar-refractivity contribution in [2.24, 2.45) is 0 Å². The van der Waals surface area contributed by atoms with Crippen LogP contribution in [0.2, 0.25) is 0 Å². The maximum Gasteiger partial charge on any atom is 0.0974 e. The largest absolute Gasteiger partial charge is 0.337 e. The molecule has 1 saturated heterocycles. The Hall–Kier alpha value is -1.20. The van der Waals surface area contributed by atoms with Crippen molar-refractivity contribution in [3.05, 3.63) is 34.3 Å². The summed E-state index contributed by atoms with van der Waals surface area (Å²) >= 11 is 2.02. The minimum atomic E-state index is 0.674. The van der Waals surface area contributed by atoms with Crippen LogP contribution in [-0.2, 0) is 19.4 Å². The zero-order valence-electron chi connectivity index (χ0n) is 13.8. The lowest BCUT2D eigenvalue weighted by Gasteiger charge is -2.31. The summed E-state index contributed by atoms with van der Waals surface area (Å²) in [4.78, 5) is 13.4. The van der Waals surface area contributed by atoms with Crippen LogP contribution in [0, 0.1) is 0 Å². The summed E-state index contributed by atoms with van der Waals surface area (Å²) in [7, 11) is 0. The Morgan fingerprint density at radius 2 is 2.13 bits per heavy atom. The second-order valence-electron chi connectivity index (χ2n) is 6.92. The van der Waals surface area contributed by atoms with Gasteiger partial charge < -0.3 is 9.47 Å². The molecule has 2 aliphatic rings. The highest BCUT2D eigenvalue weighted by Crippen LogP contribution is 2.34. The van der Waals surface area contributed by atoms with Crippen LogP contribution >= 0.6 is 11.3 Å². The molecule has 0 saturated carbocycles. The molecule has 1 aliphatic carbocycles. The number of imidazole rings is 1. The first-order valence-electron chi connectivity index (χ1n) is 9.05. The lowest BCUT2D eigenvalue weighted by Crippen LogP contribution is -2.35. The first-order chi connectivity index (χ1) is 11.4. The topological polar surface area (TPSA) is 34.0 Å². The van der Waals surface area contributed by atoms with Crippen LogP contribution in [0.25, 0.3) is 0 Å². The van der Waals surface area contributed by atoms with E-state index in [4.69, 9.17) is 4.98 Å². The third-order valence-electron chi connectivity index (χ3n) is 5.17. The molecule has 0 amide bonds. The molecular formula is C18H26N4S. The quantitative estimate of drug-likeness (QED) is 0.841. The maximum absolute atomic E-state index is 5.01. The molecule has 124 valence electrons. The zero-order chi connectivity index (χ0) is 15.5. The fourth-order valence-electron chi connectivity index (χ4n) is 3.90. The van der Waals surface area contributed by atoms with Crippen molar-refractivity contribution < 1.29 is 0 Å². The first kappa shape index (κ1) is 15.3. The van der Waals surface area contributed by atoms with E-state index < -0.39 is 0 Å². The number of rotatable bonds is 5. The van der Waals surface area contributed by atoms with Crippen molar-refractivity contribution in [2.75, 3.05) is 19.6 Å². The van der Waals surface area contributed by atoms with Gasteiger partial charge in [0, 0.05) is 36.3 Å². The second-order valence-corrected chi connectivity index (χ2v) is 8.04. The lowest BCUT2D eigenvalue weighted by molar-refractivity contribution is 0.202. The summed E-state index contributed by atoms with van der Waals surface area (Å²) in [6.45, 7) is 4.73. The molecule has 3 heterocycles. The number of likely N-dealkylation sites (tertiary alicyclic amines) is 1. The molecule has 2 aromatic heterocycles. The standard InChI is InChI=1S/C18H26N4S/c1-2-7-17-16(6-1)20-18(23-17)15-5-3-9-21(13-15)10-4-11-22-12-8-19-14-22/h8,12,14-15H,1-7,9-11,13H2/t15-/m1/s1. The van der Waals surface area contributed by atoms with Crippen LogP contribution in [0.1, 0.15) is 53.6 Å². The molecule has 0 bridgehead atoms. The van der Waals surface area contributed by atoms with Gasteiger partial charge in [-0.3, -0.25) is 0 Å². The van der Waals surface area contributed by atoms with Gasteiger partial charge in [-0.25, -0.2) is 9.97 Å². The predicted molar refractivity (Wildman–Crippen MR) is 94.0 cm³/mol. The monoisotopic (exact) mass is 330 g/mol. The summed E-state index contributed by atoms with van der Waals surface area (Å²) in [6, 6.07) is 0. The molecule has 0 radical (unpaired) electrons. The molecule has 0 N–H and O–H groups in total. The molecule has 5 heteroatoms. The molecule has 2 aromatic rings. The van der Waals surface area contributed by atoms with Gasteiger partial charge in [-0.15, -0.1) is 11.3 Å². The van der Waals surface area contributed by atoms with Crippen LogP contribution < -0.4 is 0 Å². The first-order valence-corrected chi connectivity index (χ1v) is 9.87. The molecule has 4 rings (SSSR count). The van der Waals surface area contributed by atoms with E-state index in [2.05, 4.69) is 20.6 Å². The molecule has 4 nitrogen and oxygen atoms in total. The van der Waals surface area contributed by atoms with E-state index in [1.54, 1.807) is 4.88 Å². The van der Waals surface area contributed by atoms with E-state index >= 15 is 0 Å². The number of fused-ring (bicyclic) bond motifs is 1. The SMILES string of the molecule is c1cn(CCCN2CCC[C@@H](c3nc4c(s3)CCCC4)C2)cn1. The van der Waals surface area contributed by atoms with Gasteiger partial charge in [0.2, 0.25) is 0 Å². The number of aryl methyl sites for hydroxylation is 3. The average Bonchev–Trinajstić information content (AvgIpc) is 3.24. The maximum atomic E-state index is 5.01. The van der Waals surface area contributed by atoms with E-state index in [9.17, 15) is 0 Å². The fourth-order valence-corrected chi connectivity index (χ4v) is 5.18. The number of thiazole rings is 1. The Kier molecular flexibility index (Phi) is 4.76. The fraction of sp³-hybridized carbons (Fsp3) is 0.667. The summed E-state index contributed by atoms with van der Waals surface area (Å²) in [5.41, 5.74) is 1.42.